The Labute approximate surface area is 76.0 Å². The fourth-order valence-corrected chi connectivity index (χ4v) is 0.644. The van der Waals surface area contributed by atoms with Gasteiger partial charge in [0.1, 0.15) is 12.9 Å². The first-order chi connectivity index (χ1) is 6.10. The Morgan fingerprint density at radius 3 is 2.46 bits per heavy atom. The van der Waals surface area contributed by atoms with Crippen LogP contribution in [0.25, 0.3) is 0 Å². The number of esters is 1. The van der Waals surface area contributed by atoms with Crippen molar-refractivity contribution in [3.8, 4) is 0 Å². The lowest BCUT2D eigenvalue weighted by atomic mass is 9.94. The number of hydrogen-bond donors (Lipinski definition) is 0. The zero-order valence-corrected chi connectivity index (χ0v) is 7.61. The second-order valence-electron chi connectivity index (χ2n) is 2.66. The van der Waals surface area contributed by atoms with E-state index in [1.54, 1.807) is 6.92 Å². The molecule has 0 unspecified atom stereocenters. The largest absolute Gasteiger partial charge is 0.466 e. The van der Waals surface area contributed by atoms with Crippen LogP contribution in [0.4, 0.5) is 0 Å². The first-order valence-corrected chi connectivity index (χ1v) is 3.79. The van der Waals surface area contributed by atoms with Gasteiger partial charge in [-0.25, -0.2) is 0 Å². The Kier molecular flexibility index (Phi) is 4.72. The zero-order valence-electron chi connectivity index (χ0n) is 7.61. The van der Waals surface area contributed by atoms with E-state index in [4.69, 9.17) is 0 Å². The molecule has 74 valence electrons. The summed E-state index contributed by atoms with van der Waals surface area (Å²) in [6.07, 6.45) is 0.411. The van der Waals surface area contributed by atoms with E-state index in [1.165, 1.54) is 6.92 Å². The van der Waals surface area contributed by atoms with E-state index in [0.29, 0.717) is 6.29 Å². The first kappa shape index (κ1) is 11.6. The van der Waals surface area contributed by atoms with Crippen LogP contribution in [0.1, 0.15) is 13.8 Å². The van der Waals surface area contributed by atoms with Gasteiger partial charge < -0.3 is 14.3 Å². The molecule has 0 aromatic rings. The maximum Gasteiger partial charge on any atom is 0.322 e. The number of rotatable bonds is 6. The highest BCUT2D eigenvalue weighted by Gasteiger charge is 2.35. The predicted octanol–water partition coefficient (Wildman–Crippen LogP) is -0.0723. The molecule has 1 atom stereocenters. The Balaban J connectivity index is 4.32. The third-order valence-corrected chi connectivity index (χ3v) is 1.45. The number of hydrogen-bond acceptors (Lipinski definition) is 5. The molecule has 0 spiro atoms. The van der Waals surface area contributed by atoms with Crippen LogP contribution in [0.3, 0.4) is 0 Å². The topological polar surface area (TPSA) is 69.7 Å². The lowest BCUT2D eigenvalue weighted by Gasteiger charge is -2.18. The summed E-state index contributed by atoms with van der Waals surface area (Å²) >= 11 is 0. The summed E-state index contributed by atoms with van der Waals surface area (Å²) in [5.74, 6) is -0.688. The minimum Gasteiger partial charge on any atom is -0.466 e. The van der Waals surface area contributed by atoms with Gasteiger partial charge in [-0.15, -0.1) is 0 Å². The average Bonchev–Trinajstić information content (AvgIpc) is 2.14. The van der Waals surface area contributed by atoms with E-state index in [0.717, 1.165) is 0 Å². The van der Waals surface area contributed by atoms with E-state index in [1.807, 2.05) is 0 Å². The summed E-state index contributed by atoms with van der Waals surface area (Å²) in [5.41, 5.74) is -1.39. The Morgan fingerprint density at radius 1 is 1.46 bits per heavy atom. The van der Waals surface area contributed by atoms with E-state index < -0.39 is 11.4 Å². The minimum absolute atomic E-state index is 0.182. The highest BCUT2D eigenvalue weighted by Crippen LogP contribution is 2.15. The number of carbonyl (C=O) groups is 3. The van der Waals surface area contributed by atoms with Crippen LogP contribution in [0.2, 0.25) is 0 Å². The van der Waals surface area contributed by atoms with Gasteiger partial charge in [0.05, 0.1) is 6.61 Å². The lowest BCUT2D eigenvalue weighted by molar-refractivity contribution is -0.160. The molecule has 13 heavy (non-hydrogen) atoms. The molecular formula is C8H12O5. The van der Waals surface area contributed by atoms with Crippen molar-refractivity contribution < 1.29 is 23.9 Å². The Hall–Kier alpha value is -1.39. The number of ether oxygens (including phenoxy) is 2. The molecule has 0 aromatic heterocycles. The van der Waals surface area contributed by atoms with Crippen molar-refractivity contribution in [2.24, 2.45) is 5.41 Å². The van der Waals surface area contributed by atoms with Crippen LogP contribution < -0.4 is 0 Å². The van der Waals surface area contributed by atoms with Crippen LogP contribution in [-0.4, -0.2) is 31.9 Å². The molecule has 0 heterocycles. The highest BCUT2D eigenvalue weighted by atomic mass is 16.5. The smallest absolute Gasteiger partial charge is 0.322 e. The van der Waals surface area contributed by atoms with Gasteiger partial charge in [-0.3, -0.25) is 9.59 Å². The van der Waals surface area contributed by atoms with Gasteiger partial charge in [-0.05, 0) is 13.8 Å². The van der Waals surface area contributed by atoms with Gasteiger partial charge in [-0.1, -0.05) is 0 Å². The molecule has 0 aliphatic carbocycles. The molecule has 5 nitrogen and oxygen atoms in total. The van der Waals surface area contributed by atoms with E-state index >= 15 is 0 Å². The molecule has 0 saturated heterocycles. The van der Waals surface area contributed by atoms with Gasteiger partial charge in [-0.2, -0.15) is 0 Å². The van der Waals surface area contributed by atoms with Crippen LogP contribution in [-0.2, 0) is 23.9 Å². The third kappa shape index (κ3) is 3.23. The summed E-state index contributed by atoms with van der Waals surface area (Å²) in [6, 6.07) is 0. The normalized spacial score (nSPS) is 14.0. The van der Waals surface area contributed by atoms with Gasteiger partial charge >= 0.3 is 5.97 Å². The standard InChI is InChI=1S/C8H12O5/c1-3-13-7(11)8(2,4-9)5-12-6-10/h4,6H,3,5H2,1-2H3/t8-/m0/s1. The van der Waals surface area contributed by atoms with Crippen molar-refractivity contribution in [2.45, 2.75) is 13.8 Å². The predicted molar refractivity (Wildman–Crippen MR) is 42.8 cm³/mol. The zero-order chi connectivity index (χ0) is 10.3. The number of aldehydes is 1. The lowest BCUT2D eigenvalue weighted by Crippen LogP contribution is -2.36. The fourth-order valence-electron chi connectivity index (χ4n) is 0.644. The summed E-state index contributed by atoms with van der Waals surface area (Å²) in [4.78, 5) is 31.6. The van der Waals surface area contributed by atoms with Gasteiger partial charge in [0.25, 0.3) is 6.47 Å². The summed E-state index contributed by atoms with van der Waals surface area (Å²) in [6.45, 7) is 3.05. The highest BCUT2D eigenvalue weighted by molar-refractivity contribution is 5.92. The molecule has 0 N–H and O–H groups in total. The molecule has 0 aliphatic rings. The molecule has 5 heteroatoms. The molecule has 0 aromatic carbocycles. The first-order valence-electron chi connectivity index (χ1n) is 3.79. The van der Waals surface area contributed by atoms with Crippen molar-refractivity contribution in [1.82, 2.24) is 0 Å². The molecular weight excluding hydrogens is 176 g/mol. The van der Waals surface area contributed by atoms with Crippen molar-refractivity contribution in [3.63, 3.8) is 0 Å². The van der Waals surface area contributed by atoms with E-state index in [-0.39, 0.29) is 19.7 Å². The summed E-state index contributed by atoms with van der Waals surface area (Å²) in [5, 5.41) is 0. The quantitative estimate of drug-likeness (QED) is 0.331. The monoisotopic (exact) mass is 188 g/mol. The maximum absolute atomic E-state index is 11.2. The second-order valence-corrected chi connectivity index (χ2v) is 2.66. The minimum atomic E-state index is -1.39. The fraction of sp³-hybridized carbons (Fsp3) is 0.625. The molecule has 0 bridgehead atoms. The SMILES string of the molecule is CCOC(=O)[C@@](C)(C=O)COC=O. The Morgan fingerprint density at radius 2 is 2.08 bits per heavy atom. The van der Waals surface area contributed by atoms with Gasteiger partial charge in [0, 0.05) is 0 Å². The third-order valence-electron chi connectivity index (χ3n) is 1.45. The van der Waals surface area contributed by atoms with Gasteiger partial charge in [0.15, 0.2) is 5.41 Å². The van der Waals surface area contributed by atoms with E-state index in [9.17, 15) is 14.4 Å². The van der Waals surface area contributed by atoms with Crippen molar-refractivity contribution in [1.29, 1.82) is 0 Å². The molecule has 0 amide bonds. The van der Waals surface area contributed by atoms with Crippen molar-refractivity contribution in [3.05, 3.63) is 0 Å². The van der Waals surface area contributed by atoms with Crippen molar-refractivity contribution >= 4 is 18.7 Å². The molecule has 0 radical (unpaired) electrons. The molecule has 0 fully saturated rings. The summed E-state index contributed by atoms with van der Waals surface area (Å²) < 4.78 is 8.97. The van der Waals surface area contributed by atoms with Crippen LogP contribution in [0.15, 0.2) is 0 Å². The van der Waals surface area contributed by atoms with E-state index in [2.05, 4.69) is 9.47 Å². The molecule has 0 saturated carbocycles. The van der Waals surface area contributed by atoms with Crippen LogP contribution in [0.5, 0.6) is 0 Å². The van der Waals surface area contributed by atoms with Gasteiger partial charge in [0.2, 0.25) is 0 Å². The molecule has 0 rings (SSSR count). The molecule has 0 aliphatic heterocycles. The Bertz CT molecular complexity index is 201. The van der Waals surface area contributed by atoms with Crippen molar-refractivity contribution in [2.75, 3.05) is 13.2 Å². The maximum atomic E-state index is 11.2. The van der Waals surface area contributed by atoms with Crippen LogP contribution in [0, 0.1) is 5.41 Å². The second kappa shape index (κ2) is 5.29. The number of carbonyl (C=O) groups excluding carboxylic acids is 3. The summed E-state index contributed by atoms with van der Waals surface area (Å²) in [7, 11) is 0. The van der Waals surface area contributed by atoms with Crippen LogP contribution >= 0.6 is 0 Å². The average molecular weight is 188 g/mol.